The standard InChI is InChI=1S/C24H29N3O3/c1-17-8-9-22(30-2)21(12-17)27-15-19(13-23(27)28)24(29)25-20-10-11-26(16-20)14-18-6-4-3-5-7-18/h3-9,12,19-20H,10-11,13-16H2,1-2H3,(H,25,29). The first kappa shape index (κ1) is 20.4. The van der Waals surface area contributed by atoms with Crippen LogP contribution in [0.1, 0.15) is 24.0 Å². The maximum absolute atomic E-state index is 12.9. The average Bonchev–Trinajstić information content (AvgIpc) is 3.35. The van der Waals surface area contributed by atoms with E-state index >= 15 is 0 Å². The topological polar surface area (TPSA) is 61.9 Å². The molecular weight excluding hydrogens is 378 g/mol. The van der Waals surface area contributed by atoms with E-state index in [-0.39, 0.29) is 30.2 Å². The van der Waals surface area contributed by atoms with Crippen molar-refractivity contribution in [1.82, 2.24) is 10.2 Å². The van der Waals surface area contributed by atoms with Crippen LogP contribution in [0.25, 0.3) is 0 Å². The first-order chi connectivity index (χ1) is 14.5. The first-order valence-corrected chi connectivity index (χ1v) is 10.5. The number of rotatable bonds is 6. The highest BCUT2D eigenvalue weighted by molar-refractivity contribution is 6.01. The fourth-order valence-electron chi connectivity index (χ4n) is 4.38. The third-order valence-electron chi connectivity index (χ3n) is 5.99. The van der Waals surface area contributed by atoms with E-state index in [1.54, 1.807) is 12.0 Å². The predicted molar refractivity (Wildman–Crippen MR) is 116 cm³/mol. The number of amides is 2. The molecule has 2 aromatic rings. The monoisotopic (exact) mass is 407 g/mol. The van der Waals surface area contributed by atoms with Crippen molar-refractivity contribution in [2.24, 2.45) is 5.92 Å². The van der Waals surface area contributed by atoms with E-state index in [4.69, 9.17) is 4.74 Å². The van der Waals surface area contributed by atoms with Crippen molar-refractivity contribution in [3.8, 4) is 5.75 Å². The molecule has 0 aliphatic carbocycles. The largest absolute Gasteiger partial charge is 0.495 e. The summed E-state index contributed by atoms with van der Waals surface area (Å²) in [5.74, 6) is 0.272. The van der Waals surface area contributed by atoms with Gasteiger partial charge in [0.05, 0.1) is 18.7 Å². The summed E-state index contributed by atoms with van der Waals surface area (Å²) in [5.41, 5.74) is 3.08. The van der Waals surface area contributed by atoms with E-state index in [0.29, 0.717) is 12.3 Å². The van der Waals surface area contributed by atoms with Crippen LogP contribution in [0.15, 0.2) is 48.5 Å². The SMILES string of the molecule is COc1ccc(C)cc1N1CC(C(=O)NC2CCN(Cc3ccccc3)C2)CC1=O. The Kier molecular flexibility index (Phi) is 6.04. The van der Waals surface area contributed by atoms with Gasteiger partial charge in [0, 0.05) is 38.6 Å². The normalized spacial score (nSPS) is 21.8. The molecule has 0 aromatic heterocycles. The van der Waals surface area contributed by atoms with Gasteiger partial charge in [-0.25, -0.2) is 0 Å². The lowest BCUT2D eigenvalue weighted by Gasteiger charge is -2.21. The minimum absolute atomic E-state index is 0.0240. The number of carbonyl (C=O) groups is 2. The highest BCUT2D eigenvalue weighted by Crippen LogP contribution is 2.34. The Morgan fingerprint density at radius 1 is 1.17 bits per heavy atom. The summed E-state index contributed by atoms with van der Waals surface area (Å²) in [6, 6.07) is 16.3. The molecule has 2 unspecified atom stereocenters. The Morgan fingerprint density at radius 2 is 1.97 bits per heavy atom. The van der Waals surface area contributed by atoms with Crippen molar-refractivity contribution in [3.63, 3.8) is 0 Å². The summed E-state index contributed by atoms with van der Waals surface area (Å²) < 4.78 is 5.43. The molecule has 6 heteroatoms. The van der Waals surface area contributed by atoms with Crippen LogP contribution in [-0.4, -0.2) is 49.5 Å². The molecular formula is C24H29N3O3. The number of hydrogen-bond donors (Lipinski definition) is 1. The Balaban J connectivity index is 1.34. The summed E-state index contributed by atoms with van der Waals surface area (Å²) in [6.07, 6.45) is 1.18. The van der Waals surface area contributed by atoms with Gasteiger partial charge in [-0.2, -0.15) is 0 Å². The molecule has 0 radical (unpaired) electrons. The molecule has 2 heterocycles. The van der Waals surface area contributed by atoms with Gasteiger partial charge in [-0.15, -0.1) is 0 Å². The molecule has 0 spiro atoms. The van der Waals surface area contributed by atoms with Gasteiger partial charge in [0.15, 0.2) is 0 Å². The van der Waals surface area contributed by atoms with E-state index in [1.807, 2.05) is 31.2 Å². The van der Waals surface area contributed by atoms with Crippen LogP contribution < -0.4 is 15.0 Å². The Bertz CT molecular complexity index is 915. The summed E-state index contributed by atoms with van der Waals surface area (Å²) in [6.45, 7) is 5.09. The van der Waals surface area contributed by atoms with Crippen molar-refractivity contribution >= 4 is 17.5 Å². The van der Waals surface area contributed by atoms with Crippen LogP contribution >= 0.6 is 0 Å². The molecule has 0 bridgehead atoms. The zero-order valence-corrected chi connectivity index (χ0v) is 17.6. The van der Waals surface area contributed by atoms with Crippen LogP contribution in [0.3, 0.4) is 0 Å². The Labute approximate surface area is 177 Å². The molecule has 6 nitrogen and oxygen atoms in total. The van der Waals surface area contributed by atoms with Crippen LogP contribution in [0.2, 0.25) is 0 Å². The molecule has 2 amide bonds. The molecule has 0 saturated carbocycles. The summed E-state index contributed by atoms with van der Waals surface area (Å²) in [4.78, 5) is 29.6. The quantitative estimate of drug-likeness (QED) is 0.800. The minimum atomic E-state index is -0.328. The molecule has 2 saturated heterocycles. The van der Waals surface area contributed by atoms with Crippen molar-refractivity contribution in [3.05, 3.63) is 59.7 Å². The Morgan fingerprint density at radius 3 is 2.73 bits per heavy atom. The lowest BCUT2D eigenvalue weighted by atomic mass is 10.1. The van der Waals surface area contributed by atoms with Crippen LogP contribution in [0, 0.1) is 12.8 Å². The van der Waals surface area contributed by atoms with Gasteiger partial charge in [0.2, 0.25) is 11.8 Å². The van der Waals surface area contributed by atoms with Gasteiger partial charge in [-0.05, 0) is 36.6 Å². The van der Waals surface area contributed by atoms with Gasteiger partial charge in [0.1, 0.15) is 5.75 Å². The molecule has 2 fully saturated rings. The van der Waals surface area contributed by atoms with E-state index in [1.165, 1.54) is 5.56 Å². The lowest BCUT2D eigenvalue weighted by molar-refractivity contribution is -0.126. The van der Waals surface area contributed by atoms with Gasteiger partial charge in [-0.3, -0.25) is 14.5 Å². The molecule has 30 heavy (non-hydrogen) atoms. The lowest BCUT2D eigenvalue weighted by Crippen LogP contribution is -2.41. The maximum atomic E-state index is 12.9. The van der Waals surface area contributed by atoms with Gasteiger partial charge >= 0.3 is 0 Å². The molecule has 1 N–H and O–H groups in total. The molecule has 158 valence electrons. The third-order valence-corrected chi connectivity index (χ3v) is 5.99. The Hall–Kier alpha value is -2.86. The zero-order valence-electron chi connectivity index (χ0n) is 17.6. The van der Waals surface area contributed by atoms with Gasteiger partial charge in [0.25, 0.3) is 0 Å². The maximum Gasteiger partial charge on any atom is 0.227 e. The number of nitrogens with zero attached hydrogens (tertiary/aromatic N) is 2. The molecule has 2 aliphatic rings. The smallest absolute Gasteiger partial charge is 0.227 e. The fraction of sp³-hybridized carbons (Fsp3) is 0.417. The zero-order chi connectivity index (χ0) is 21.1. The van der Waals surface area contributed by atoms with E-state index in [2.05, 4.69) is 34.5 Å². The van der Waals surface area contributed by atoms with Crippen LogP contribution in [0.4, 0.5) is 5.69 Å². The van der Waals surface area contributed by atoms with Crippen LogP contribution in [-0.2, 0) is 16.1 Å². The number of likely N-dealkylation sites (tertiary alicyclic amines) is 1. The molecule has 4 rings (SSSR count). The number of aryl methyl sites for hydroxylation is 1. The molecule has 2 atom stereocenters. The highest BCUT2D eigenvalue weighted by atomic mass is 16.5. The van der Waals surface area contributed by atoms with Crippen molar-refractivity contribution in [2.75, 3.05) is 31.6 Å². The second kappa shape index (κ2) is 8.88. The predicted octanol–water partition coefficient (Wildman–Crippen LogP) is 2.75. The summed E-state index contributed by atoms with van der Waals surface area (Å²) in [5, 5.41) is 3.18. The second-order valence-corrected chi connectivity index (χ2v) is 8.30. The molecule has 2 aromatic carbocycles. The number of nitrogens with one attached hydrogen (secondary N) is 1. The number of benzene rings is 2. The number of ether oxygens (including phenoxy) is 1. The number of carbonyl (C=O) groups excluding carboxylic acids is 2. The van der Waals surface area contributed by atoms with E-state index in [0.717, 1.165) is 37.3 Å². The van der Waals surface area contributed by atoms with Crippen molar-refractivity contribution in [1.29, 1.82) is 0 Å². The average molecular weight is 408 g/mol. The summed E-state index contributed by atoms with van der Waals surface area (Å²) >= 11 is 0. The summed E-state index contributed by atoms with van der Waals surface area (Å²) in [7, 11) is 1.60. The van der Waals surface area contributed by atoms with E-state index in [9.17, 15) is 9.59 Å². The second-order valence-electron chi connectivity index (χ2n) is 8.30. The van der Waals surface area contributed by atoms with Gasteiger partial charge in [-0.1, -0.05) is 36.4 Å². The highest BCUT2D eigenvalue weighted by Gasteiger charge is 2.37. The van der Waals surface area contributed by atoms with Crippen LogP contribution in [0.5, 0.6) is 5.75 Å². The van der Waals surface area contributed by atoms with E-state index < -0.39 is 0 Å². The minimum Gasteiger partial charge on any atom is -0.495 e. The van der Waals surface area contributed by atoms with Gasteiger partial charge < -0.3 is 15.0 Å². The van der Waals surface area contributed by atoms with Crippen molar-refractivity contribution in [2.45, 2.75) is 32.4 Å². The van der Waals surface area contributed by atoms with Crippen molar-refractivity contribution < 1.29 is 14.3 Å². The molecule has 2 aliphatic heterocycles. The fourth-order valence-corrected chi connectivity index (χ4v) is 4.38. The first-order valence-electron chi connectivity index (χ1n) is 10.5. The number of methoxy groups -OCH3 is 1. The number of anilines is 1. The third kappa shape index (κ3) is 4.49. The number of hydrogen-bond acceptors (Lipinski definition) is 4.